The Bertz CT molecular complexity index is 1330. The van der Waals surface area contributed by atoms with Crippen LogP contribution in [0.3, 0.4) is 0 Å². The van der Waals surface area contributed by atoms with Crippen molar-refractivity contribution in [2.75, 3.05) is 6.61 Å². The minimum Gasteiger partial charge on any atom is -0.393 e. The lowest BCUT2D eigenvalue weighted by Crippen LogP contribution is -2.32. The zero-order valence-corrected chi connectivity index (χ0v) is 28.5. The number of Topliss-reactive ketones (excluding diaryl/α,β-unsaturated/α-hetero) is 1. The van der Waals surface area contributed by atoms with Crippen LogP contribution in [-0.2, 0) is 4.79 Å². The Hall–Kier alpha value is -3.05. The van der Waals surface area contributed by atoms with Gasteiger partial charge in [-0.2, -0.15) is 0 Å². The summed E-state index contributed by atoms with van der Waals surface area (Å²) in [5, 5.41) is 30.0. The Balaban J connectivity index is 1.94. The second-order valence-corrected chi connectivity index (χ2v) is 14.0. The third-order valence-electron chi connectivity index (χ3n) is 8.76. The quantitative estimate of drug-likeness (QED) is 0.119. The Morgan fingerprint density at radius 1 is 0.841 bits per heavy atom. The van der Waals surface area contributed by atoms with E-state index in [1.165, 1.54) is 11.1 Å². The van der Waals surface area contributed by atoms with Crippen molar-refractivity contribution >= 4 is 5.78 Å². The molecule has 44 heavy (non-hydrogen) atoms. The van der Waals surface area contributed by atoms with Crippen LogP contribution in [0.15, 0.2) is 118 Å². The molecule has 0 heterocycles. The highest BCUT2D eigenvalue weighted by Crippen LogP contribution is 2.43. The Labute approximate surface area is 267 Å². The van der Waals surface area contributed by atoms with Crippen molar-refractivity contribution in [3.05, 3.63) is 118 Å². The van der Waals surface area contributed by atoms with E-state index in [0.29, 0.717) is 24.3 Å². The smallest absolute Gasteiger partial charge is 0.165 e. The van der Waals surface area contributed by atoms with Crippen molar-refractivity contribution in [2.45, 2.75) is 100 Å². The van der Waals surface area contributed by atoms with Gasteiger partial charge in [-0.25, -0.2) is 0 Å². The van der Waals surface area contributed by atoms with Gasteiger partial charge in [-0.05, 0) is 64.7 Å². The maximum atomic E-state index is 13.0. The van der Waals surface area contributed by atoms with Crippen LogP contribution in [0.25, 0.3) is 0 Å². The summed E-state index contributed by atoms with van der Waals surface area (Å²) in [6.45, 7) is 18.5. The predicted octanol–water partition coefficient (Wildman–Crippen LogP) is 8.78. The number of aliphatic hydroxyl groups excluding tert-OH is 3. The van der Waals surface area contributed by atoms with E-state index >= 15 is 0 Å². The molecular weight excluding hydrogens is 544 g/mol. The average molecular weight is 601 g/mol. The van der Waals surface area contributed by atoms with E-state index in [9.17, 15) is 20.1 Å². The molecule has 0 aromatic rings. The molecule has 3 N–H and O–H groups in total. The molecule has 0 aliphatic heterocycles. The van der Waals surface area contributed by atoms with Crippen molar-refractivity contribution in [3.63, 3.8) is 0 Å². The highest BCUT2D eigenvalue weighted by Gasteiger charge is 2.35. The molecule has 0 fully saturated rings. The molecule has 0 aromatic carbocycles. The van der Waals surface area contributed by atoms with Crippen LogP contribution in [0, 0.1) is 16.7 Å². The van der Waals surface area contributed by atoms with Crippen molar-refractivity contribution < 1.29 is 20.1 Å². The van der Waals surface area contributed by atoms with E-state index in [4.69, 9.17) is 0 Å². The van der Waals surface area contributed by atoms with E-state index in [1.54, 1.807) is 6.08 Å². The summed E-state index contributed by atoms with van der Waals surface area (Å²) >= 11 is 0. The second-order valence-electron chi connectivity index (χ2n) is 14.0. The zero-order valence-electron chi connectivity index (χ0n) is 28.5. The average Bonchev–Trinajstić information content (AvgIpc) is 2.89. The lowest BCUT2D eigenvalue weighted by molar-refractivity contribution is -0.115. The summed E-state index contributed by atoms with van der Waals surface area (Å²) < 4.78 is 0. The SMILES string of the molecule is CC(C=CC=C(C)C=C[C@H]1C(C)=C[C@H](O)CC1(C)C)=CC=CC=C(C)C=CC=C(CO)C(=O)CC1=C(C)C[C@@H](O)CC1(C)C. The fourth-order valence-electron chi connectivity index (χ4n) is 6.39. The maximum Gasteiger partial charge on any atom is 0.165 e. The molecule has 0 amide bonds. The topological polar surface area (TPSA) is 77.8 Å². The molecule has 0 spiro atoms. The van der Waals surface area contributed by atoms with Gasteiger partial charge < -0.3 is 15.3 Å². The first-order valence-electron chi connectivity index (χ1n) is 15.9. The third-order valence-corrected chi connectivity index (χ3v) is 8.76. The molecule has 2 aliphatic rings. The van der Waals surface area contributed by atoms with Gasteiger partial charge in [0.15, 0.2) is 5.78 Å². The standard InChI is InChI=1S/C40H56O4/c1-28(16-12-17-30(3)20-21-36-31(4)22-34(42)25-39(36,6)7)14-10-11-15-29(2)18-13-19-33(27-41)38(44)24-37-32(5)23-35(43)26-40(37,8)9/h10-22,34-36,41-43H,23-27H2,1-9H3/t34-,35+,36-/m0/s1. The minimum atomic E-state index is -0.363. The molecular formula is C40H56O4. The first kappa shape index (κ1) is 37.1. The van der Waals surface area contributed by atoms with Crippen molar-refractivity contribution in [1.82, 2.24) is 0 Å². The monoisotopic (exact) mass is 600 g/mol. The number of hydrogen-bond donors (Lipinski definition) is 3. The van der Waals surface area contributed by atoms with Gasteiger partial charge in [0.1, 0.15) is 0 Å². The lowest BCUT2D eigenvalue weighted by atomic mass is 9.67. The molecule has 4 nitrogen and oxygen atoms in total. The second kappa shape index (κ2) is 16.9. The summed E-state index contributed by atoms with van der Waals surface area (Å²) in [7, 11) is 0. The van der Waals surface area contributed by atoms with Crippen LogP contribution >= 0.6 is 0 Å². The highest BCUT2D eigenvalue weighted by molar-refractivity contribution is 5.97. The van der Waals surface area contributed by atoms with Gasteiger partial charge in [0.05, 0.1) is 18.8 Å². The van der Waals surface area contributed by atoms with Gasteiger partial charge in [0, 0.05) is 17.9 Å². The fraction of sp³-hybridized carbons (Fsp3) is 0.475. The molecule has 0 aromatic heterocycles. The molecule has 0 radical (unpaired) electrons. The Kier molecular flexibility index (Phi) is 14.2. The fourth-order valence-corrected chi connectivity index (χ4v) is 6.39. The highest BCUT2D eigenvalue weighted by atomic mass is 16.3. The van der Waals surface area contributed by atoms with Crippen molar-refractivity contribution in [3.8, 4) is 0 Å². The van der Waals surface area contributed by atoms with E-state index in [1.807, 2.05) is 50.3 Å². The van der Waals surface area contributed by atoms with Crippen LogP contribution in [0.2, 0.25) is 0 Å². The van der Waals surface area contributed by atoms with Crippen LogP contribution in [0.5, 0.6) is 0 Å². The van der Waals surface area contributed by atoms with Gasteiger partial charge in [0.2, 0.25) is 0 Å². The number of ketones is 1. The van der Waals surface area contributed by atoms with Gasteiger partial charge in [-0.1, -0.05) is 140 Å². The van der Waals surface area contributed by atoms with Crippen molar-refractivity contribution in [1.29, 1.82) is 0 Å². The van der Waals surface area contributed by atoms with Gasteiger partial charge in [0.25, 0.3) is 0 Å². The molecule has 4 heteroatoms. The molecule has 0 unspecified atom stereocenters. The third kappa shape index (κ3) is 11.8. The van der Waals surface area contributed by atoms with Gasteiger partial charge >= 0.3 is 0 Å². The zero-order chi connectivity index (χ0) is 33.1. The lowest BCUT2D eigenvalue weighted by Gasteiger charge is -2.38. The van der Waals surface area contributed by atoms with Crippen LogP contribution in [0.1, 0.15) is 88.0 Å². The summed E-state index contributed by atoms with van der Waals surface area (Å²) in [4.78, 5) is 13.0. The molecule has 0 saturated heterocycles. The maximum absolute atomic E-state index is 13.0. The van der Waals surface area contributed by atoms with E-state index < -0.39 is 0 Å². The number of carbonyl (C=O) groups excluding carboxylic acids is 1. The van der Waals surface area contributed by atoms with Gasteiger partial charge in [-0.3, -0.25) is 4.79 Å². The largest absolute Gasteiger partial charge is 0.393 e. The summed E-state index contributed by atoms with van der Waals surface area (Å²) in [5.74, 6) is 0.248. The first-order valence-corrected chi connectivity index (χ1v) is 15.9. The Morgan fingerprint density at radius 3 is 1.93 bits per heavy atom. The molecule has 2 aliphatic carbocycles. The summed E-state index contributed by atoms with van der Waals surface area (Å²) in [5.41, 5.74) is 6.91. The molecule has 2 rings (SSSR count). The number of aliphatic hydroxyl groups is 3. The summed E-state index contributed by atoms with van der Waals surface area (Å²) in [6, 6.07) is 0. The van der Waals surface area contributed by atoms with E-state index in [2.05, 4.69) is 84.9 Å². The molecule has 0 saturated carbocycles. The van der Waals surface area contributed by atoms with Gasteiger partial charge in [-0.15, -0.1) is 0 Å². The summed E-state index contributed by atoms with van der Waals surface area (Å²) in [6.07, 6.45) is 27.7. The van der Waals surface area contributed by atoms with Crippen LogP contribution < -0.4 is 0 Å². The van der Waals surface area contributed by atoms with Crippen LogP contribution in [0.4, 0.5) is 0 Å². The minimum absolute atomic E-state index is 0.0349. The van der Waals surface area contributed by atoms with Crippen LogP contribution in [-0.4, -0.2) is 39.9 Å². The normalized spacial score (nSPS) is 25.6. The Morgan fingerprint density at radius 2 is 1.39 bits per heavy atom. The number of hydrogen-bond acceptors (Lipinski definition) is 4. The van der Waals surface area contributed by atoms with E-state index in [0.717, 1.165) is 28.7 Å². The molecule has 0 bridgehead atoms. The first-order chi connectivity index (χ1) is 20.6. The predicted molar refractivity (Wildman–Crippen MR) is 186 cm³/mol. The van der Waals surface area contributed by atoms with E-state index in [-0.39, 0.29) is 41.8 Å². The number of rotatable bonds is 12. The number of allylic oxidation sites excluding steroid dienone is 17. The molecule has 3 atom stereocenters. The van der Waals surface area contributed by atoms with Crippen molar-refractivity contribution in [2.24, 2.45) is 16.7 Å². The number of carbonyl (C=O) groups is 1. The molecule has 240 valence electrons.